The molecular weight excluding hydrogens is 231 g/mol. The Morgan fingerprint density at radius 2 is 2.29 bits per heavy atom. The highest BCUT2D eigenvalue weighted by atomic mass is 19.1. The van der Waals surface area contributed by atoms with Gasteiger partial charge in [0.15, 0.2) is 11.5 Å². The standard InChI is InChI=1S/C10H11FN2O4/c1-17-10(16)7(12)3-5-2-6(11)8(9(14)15)13-4-5/h2,4,7H,3,12H2,1H3,(H,14,15)/t7-/m0/s1. The second-order valence-electron chi connectivity index (χ2n) is 3.31. The van der Waals surface area contributed by atoms with Gasteiger partial charge in [-0.15, -0.1) is 0 Å². The van der Waals surface area contributed by atoms with Crippen molar-refractivity contribution >= 4 is 11.9 Å². The topological polar surface area (TPSA) is 103 Å². The first kappa shape index (κ1) is 13.0. The third-order valence-electron chi connectivity index (χ3n) is 2.06. The van der Waals surface area contributed by atoms with Crippen LogP contribution < -0.4 is 5.73 Å². The molecule has 3 N–H and O–H groups in total. The molecule has 0 fully saturated rings. The first-order chi connectivity index (χ1) is 7.95. The predicted octanol–water partition coefficient (Wildman–Crippen LogP) is -0.0383. The molecule has 6 nitrogen and oxygen atoms in total. The molecule has 0 aliphatic rings. The highest BCUT2D eigenvalue weighted by Gasteiger charge is 2.17. The largest absolute Gasteiger partial charge is 0.476 e. The van der Waals surface area contributed by atoms with Gasteiger partial charge in [-0.3, -0.25) is 4.79 Å². The fourth-order valence-corrected chi connectivity index (χ4v) is 1.24. The number of hydrogen-bond acceptors (Lipinski definition) is 5. The van der Waals surface area contributed by atoms with Crippen LogP contribution in [0, 0.1) is 5.82 Å². The average Bonchev–Trinajstić information content (AvgIpc) is 2.27. The van der Waals surface area contributed by atoms with Crippen LogP contribution in [0.15, 0.2) is 12.3 Å². The molecule has 1 rings (SSSR count). The minimum Gasteiger partial charge on any atom is -0.476 e. The molecule has 0 bridgehead atoms. The Balaban J connectivity index is 2.84. The minimum absolute atomic E-state index is 0.0243. The number of aromatic nitrogens is 1. The summed E-state index contributed by atoms with van der Waals surface area (Å²) in [6, 6.07) is 0.0519. The summed E-state index contributed by atoms with van der Waals surface area (Å²) < 4.78 is 17.6. The maximum atomic E-state index is 13.2. The summed E-state index contributed by atoms with van der Waals surface area (Å²) >= 11 is 0. The van der Waals surface area contributed by atoms with Crippen LogP contribution >= 0.6 is 0 Å². The number of nitrogens with two attached hydrogens (primary N) is 1. The van der Waals surface area contributed by atoms with Gasteiger partial charge in [0.25, 0.3) is 0 Å². The Bertz CT molecular complexity index is 450. The van der Waals surface area contributed by atoms with Gasteiger partial charge in [-0.1, -0.05) is 0 Å². The molecule has 0 radical (unpaired) electrons. The molecule has 0 saturated carbocycles. The molecule has 1 heterocycles. The van der Waals surface area contributed by atoms with Crippen LogP contribution in [0.5, 0.6) is 0 Å². The molecule has 0 spiro atoms. The Hall–Kier alpha value is -2.02. The van der Waals surface area contributed by atoms with Crippen LogP contribution in [0.2, 0.25) is 0 Å². The summed E-state index contributed by atoms with van der Waals surface area (Å²) in [5.74, 6) is -3.05. The number of halogens is 1. The van der Waals surface area contributed by atoms with Gasteiger partial charge in [0, 0.05) is 6.20 Å². The van der Waals surface area contributed by atoms with Gasteiger partial charge in [-0.2, -0.15) is 0 Å². The van der Waals surface area contributed by atoms with Crippen LogP contribution in [0.25, 0.3) is 0 Å². The van der Waals surface area contributed by atoms with Crippen molar-refractivity contribution in [1.82, 2.24) is 4.98 Å². The lowest BCUT2D eigenvalue weighted by Crippen LogP contribution is -2.33. The number of hydrogen-bond donors (Lipinski definition) is 2. The van der Waals surface area contributed by atoms with Gasteiger partial charge in [-0.05, 0) is 18.1 Å². The first-order valence-corrected chi connectivity index (χ1v) is 4.66. The number of pyridine rings is 1. The van der Waals surface area contributed by atoms with Gasteiger partial charge in [-0.25, -0.2) is 14.2 Å². The van der Waals surface area contributed by atoms with Gasteiger partial charge >= 0.3 is 11.9 Å². The minimum atomic E-state index is -1.45. The number of carbonyl (C=O) groups excluding carboxylic acids is 1. The Labute approximate surface area is 96.2 Å². The molecule has 1 atom stereocenters. The van der Waals surface area contributed by atoms with Crippen molar-refractivity contribution in [3.63, 3.8) is 0 Å². The molecule has 0 aliphatic heterocycles. The zero-order valence-electron chi connectivity index (χ0n) is 9.01. The van der Waals surface area contributed by atoms with Crippen molar-refractivity contribution in [3.05, 3.63) is 29.3 Å². The first-order valence-electron chi connectivity index (χ1n) is 4.66. The van der Waals surface area contributed by atoms with Crippen LogP contribution in [0.3, 0.4) is 0 Å². The maximum absolute atomic E-state index is 13.2. The fraction of sp³-hybridized carbons (Fsp3) is 0.300. The van der Waals surface area contributed by atoms with Crippen LogP contribution in [-0.2, 0) is 16.0 Å². The lowest BCUT2D eigenvalue weighted by atomic mass is 10.1. The van der Waals surface area contributed by atoms with E-state index in [0.717, 1.165) is 12.3 Å². The third kappa shape index (κ3) is 3.22. The highest BCUT2D eigenvalue weighted by Crippen LogP contribution is 2.09. The summed E-state index contributed by atoms with van der Waals surface area (Å²) in [4.78, 5) is 25.0. The SMILES string of the molecule is COC(=O)[C@@H](N)Cc1cnc(C(=O)O)c(F)c1. The van der Waals surface area contributed by atoms with Gasteiger partial charge in [0.2, 0.25) is 0 Å². The van der Waals surface area contributed by atoms with E-state index in [1.807, 2.05) is 0 Å². The maximum Gasteiger partial charge on any atom is 0.357 e. The molecule has 0 unspecified atom stereocenters. The Kier molecular flexibility index (Phi) is 4.11. The second kappa shape index (κ2) is 5.35. The van der Waals surface area contributed by atoms with E-state index in [0.29, 0.717) is 5.56 Å². The lowest BCUT2D eigenvalue weighted by Gasteiger charge is -2.09. The van der Waals surface area contributed by atoms with Crippen molar-refractivity contribution in [1.29, 1.82) is 0 Å². The van der Waals surface area contributed by atoms with E-state index in [9.17, 15) is 14.0 Å². The van der Waals surface area contributed by atoms with Gasteiger partial charge in [0.05, 0.1) is 7.11 Å². The summed E-state index contributed by atoms with van der Waals surface area (Å²) in [5.41, 5.74) is 5.12. The van der Waals surface area contributed by atoms with Crippen LogP contribution in [0.4, 0.5) is 4.39 Å². The van der Waals surface area contributed by atoms with Crippen molar-refractivity contribution in [2.75, 3.05) is 7.11 Å². The van der Waals surface area contributed by atoms with E-state index in [1.54, 1.807) is 0 Å². The fourth-order valence-electron chi connectivity index (χ4n) is 1.24. The average molecular weight is 242 g/mol. The summed E-state index contributed by atoms with van der Waals surface area (Å²) in [6.45, 7) is 0. The normalized spacial score (nSPS) is 11.9. The molecule has 1 aromatic rings. The van der Waals surface area contributed by atoms with E-state index >= 15 is 0 Å². The van der Waals surface area contributed by atoms with Gasteiger partial charge in [0.1, 0.15) is 6.04 Å². The molecule has 92 valence electrons. The van der Waals surface area contributed by atoms with Crippen molar-refractivity contribution in [3.8, 4) is 0 Å². The smallest absolute Gasteiger partial charge is 0.357 e. The van der Waals surface area contributed by atoms with E-state index < -0.39 is 29.5 Å². The van der Waals surface area contributed by atoms with Crippen molar-refractivity contribution < 1.29 is 23.8 Å². The predicted molar refractivity (Wildman–Crippen MR) is 54.8 cm³/mol. The van der Waals surface area contributed by atoms with Crippen molar-refractivity contribution in [2.45, 2.75) is 12.5 Å². The molecule has 0 amide bonds. The monoisotopic (exact) mass is 242 g/mol. The number of esters is 1. The molecule has 1 aromatic heterocycles. The van der Waals surface area contributed by atoms with Crippen LogP contribution in [0.1, 0.15) is 16.1 Å². The van der Waals surface area contributed by atoms with E-state index in [1.165, 1.54) is 7.11 Å². The van der Waals surface area contributed by atoms with E-state index in [-0.39, 0.29) is 6.42 Å². The molecule has 0 saturated heterocycles. The molecule has 7 heteroatoms. The number of aromatic carboxylic acids is 1. The quantitative estimate of drug-likeness (QED) is 0.718. The number of carboxylic acid groups (broad SMARTS) is 1. The number of ether oxygens (including phenoxy) is 1. The highest BCUT2D eigenvalue weighted by molar-refractivity contribution is 5.85. The number of nitrogens with zero attached hydrogens (tertiary/aromatic N) is 1. The number of carbonyl (C=O) groups is 2. The molecule has 0 aliphatic carbocycles. The van der Waals surface area contributed by atoms with Crippen LogP contribution in [-0.4, -0.2) is 35.2 Å². The summed E-state index contributed by atoms with van der Waals surface area (Å²) in [7, 11) is 1.19. The Morgan fingerprint density at radius 1 is 1.65 bits per heavy atom. The van der Waals surface area contributed by atoms with Gasteiger partial charge < -0.3 is 15.6 Å². The molecule has 0 aromatic carbocycles. The van der Waals surface area contributed by atoms with E-state index in [4.69, 9.17) is 10.8 Å². The third-order valence-corrected chi connectivity index (χ3v) is 2.06. The summed E-state index contributed by atoms with van der Waals surface area (Å²) in [6.07, 6.45) is 1.19. The molecule has 17 heavy (non-hydrogen) atoms. The van der Waals surface area contributed by atoms with E-state index in [2.05, 4.69) is 9.72 Å². The van der Waals surface area contributed by atoms with Crippen molar-refractivity contribution in [2.24, 2.45) is 5.73 Å². The summed E-state index contributed by atoms with van der Waals surface area (Å²) in [5, 5.41) is 8.56. The molecular formula is C10H11FN2O4. The zero-order valence-corrected chi connectivity index (χ0v) is 9.01. The number of rotatable bonds is 4. The number of carboxylic acids is 1. The Morgan fingerprint density at radius 3 is 2.76 bits per heavy atom. The second-order valence-corrected chi connectivity index (χ2v) is 3.31. The lowest BCUT2D eigenvalue weighted by molar-refractivity contribution is -0.142. The zero-order chi connectivity index (χ0) is 13.0. The number of methoxy groups -OCH3 is 1.